The van der Waals surface area contributed by atoms with Crippen LogP contribution < -0.4 is 16.4 Å². The molecule has 0 saturated heterocycles. The van der Waals surface area contributed by atoms with Crippen LogP contribution in [0, 0.1) is 5.41 Å². The van der Waals surface area contributed by atoms with Gasteiger partial charge in [-0.3, -0.25) is 14.8 Å². The number of rotatable bonds is 8. The number of nitrogens with one attached hydrogen (secondary N) is 2. The summed E-state index contributed by atoms with van der Waals surface area (Å²) in [6.45, 7) is 0.0601. The minimum absolute atomic E-state index is 0.0601. The first kappa shape index (κ1) is 32.9. The lowest BCUT2D eigenvalue weighted by molar-refractivity contribution is 0.0697. The smallest absolute Gasteiger partial charge is 0.392 e. The second-order valence-corrected chi connectivity index (χ2v) is 13.2. The Hall–Kier alpha value is -5.99. The third kappa shape index (κ3) is 6.22. The molecule has 1 aliphatic heterocycles. The van der Waals surface area contributed by atoms with Gasteiger partial charge in [0.2, 0.25) is 5.82 Å². The number of nitrogens with two attached hydrogens (primary N) is 1. The molecular formula is C30H22N7O10S2+. The van der Waals surface area contributed by atoms with Crippen LogP contribution in [0.2, 0.25) is 0 Å². The molecule has 4 aromatic rings. The van der Waals surface area contributed by atoms with E-state index >= 15 is 0 Å². The lowest BCUT2D eigenvalue weighted by Crippen LogP contribution is -2.23. The maximum absolute atomic E-state index is 13.2. The molecule has 1 aromatic heterocycles. The van der Waals surface area contributed by atoms with Crippen LogP contribution >= 0.6 is 0 Å². The third-order valence-electron chi connectivity index (χ3n) is 7.38. The number of nitrogens with zero attached hydrogens (tertiary/aromatic N) is 4. The summed E-state index contributed by atoms with van der Waals surface area (Å²) >= 11 is 0. The Labute approximate surface area is 276 Å². The van der Waals surface area contributed by atoms with Crippen molar-refractivity contribution in [3.63, 3.8) is 0 Å². The highest BCUT2D eigenvalue weighted by Crippen LogP contribution is 2.46. The van der Waals surface area contributed by atoms with Crippen molar-refractivity contribution in [2.24, 2.45) is 0 Å². The SMILES string of the molecule is N=c1ccc2c(-c3ccc(C(=O)NCc4ccc(-c5nncnn5)cc4)cc3C(=O)O)c3ccc(N)c([S+](=O)(O)O)c3oc-2c1S(=O)(=O)O. The summed E-state index contributed by atoms with van der Waals surface area (Å²) in [6.07, 6.45) is 1.20. The molecule has 8 N–H and O–H groups in total. The number of aromatic carboxylic acids is 1. The van der Waals surface area contributed by atoms with Crippen molar-refractivity contribution in [1.29, 1.82) is 5.41 Å². The molecule has 0 unspecified atom stereocenters. The van der Waals surface area contributed by atoms with Crippen LogP contribution in [0.25, 0.3) is 44.8 Å². The van der Waals surface area contributed by atoms with E-state index in [1.807, 2.05) is 0 Å². The average Bonchev–Trinajstić information content (AvgIpc) is 3.05. The zero-order valence-corrected chi connectivity index (χ0v) is 26.2. The fraction of sp³-hybridized carbons (Fsp3) is 0.0333. The molecule has 3 aromatic carbocycles. The molecule has 1 amide bonds. The van der Waals surface area contributed by atoms with Crippen LogP contribution in [0.4, 0.5) is 5.69 Å². The molecule has 0 radical (unpaired) electrons. The molecule has 0 saturated carbocycles. The van der Waals surface area contributed by atoms with Gasteiger partial charge in [0.15, 0.2) is 22.6 Å². The summed E-state index contributed by atoms with van der Waals surface area (Å²) in [5.41, 5.74) is 5.30. The average molecular weight is 705 g/mol. The van der Waals surface area contributed by atoms with Crippen molar-refractivity contribution in [1.82, 2.24) is 25.7 Å². The van der Waals surface area contributed by atoms with Gasteiger partial charge in [0, 0.05) is 34.2 Å². The highest BCUT2D eigenvalue weighted by atomic mass is 32.3. The highest BCUT2D eigenvalue weighted by Gasteiger charge is 2.37. The normalized spacial score (nSPS) is 11.9. The summed E-state index contributed by atoms with van der Waals surface area (Å²) < 4.78 is 73.2. The van der Waals surface area contributed by atoms with Gasteiger partial charge in [0.1, 0.15) is 0 Å². The van der Waals surface area contributed by atoms with Gasteiger partial charge in [-0.15, -0.1) is 20.4 Å². The van der Waals surface area contributed by atoms with Crippen LogP contribution in [-0.4, -0.2) is 59.5 Å². The number of amides is 1. The Morgan fingerprint density at radius 1 is 0.959 bits per heavy atom. The second-order valence-electron chi connectivity index (χ2n) is 10.4. The second kappa shape index (κ2) is 12.2. The van der Waals surface area contributed by atoms with Gasteiger partial charge in [-0.25, -0.2) is 4.79 Å². The molecule has 0 fully saturated rings. The molecule has 19 heteroatoms. The molecular weight excluding hydrogens is 683 g/mol. The molecule has 2 aliphatic rings. The number of carbonyl (C=O) groups is 2. The van der Waals surface area contributed by atoms with Crippen LogP contribution in [0.1, 0.15) is 26.3 Å². The first-order valence-corrected chi connectivity index (χ1v) is 16.6. The third-order valence-corrected chi connectivity index (χ3v) is 9.25. The van der Waals surface area contributed by atoms with E-state index in [2.05, 4.69) is 25.7 Å². The molecule has 0 bridgehead atoms. The van der Waals surface area contributed by atoms with Crippen molar-refractivity contribution in [3.8, 4) is 33.8 Å². The quantitative estimate of drug-likeness (QED) is 0.0518. The number of nitrogen functional groups attached to an aromatic ring is 1. The van der Waals surface area contributed by atoms with Crippen LogP contribution in [0.5, 0.6) is 0 Å². The van der Waals surface area contributed by atoms with Crippen LogP contribution in [0.3, 0.4) is 0 Å². The number of hydrogen-bond acceptors (Lipinski definition) is 12. The zero-order valence-electron chi connectivity index (χ0n) is 24.6. The Bertz CT molecular complexity index is 2500. The largest absolute Gasteiger partial charge is 0.478 e. The number of anilines is 1. The monoisotopic (exact) mass is 704 g/mol. The standard InChI is InChI=1S/C30H21N7O10S2/c31-21-9-7-18-23(19-8-10-22(32)27(49(44,45)46)25(19)47-24(18)26(21)48(41,42)43)17-6-5-16(11-20(17)30(39)40)29(38)33-12-14-1-3-15(4-2-14)28-36-34-13-35-37-28/h1-11,13H,12H2,(H7-,31,32,33,38,39,40,41,42,43,44,45,46)/p+1. The van der Waals surface area contributed by atoms with Crippen molar-refractivity contribution in [3.05, 3.63) is 95.1 Å². The van der Waals surface area contributed by atoms with Gasteiger partial charge < -0.3 is 20.6 Å². The van der Waals surface area contributed by atoms with E-state index in [1.165, 1.54) is 30.6 Å². The van der Waals surface area contributed by atoms with Crippen molar-refractivity contribution in [2.75, 3.05) is 5.73 Å². The number of aromatic nitrogens is 4. The van der Waals surface area contributed by atoms with Gasteiger partial charge >= 0.3 is 16.5 Å². The maximum atomic E-state index is 13.2. The van der Waals surface area contributed by atoms with Crippen molar-refractivity contribution < 1.29 is 45.4 Å². The molecule has 6 rings (SSSR count). The molecule has 248 valence electrons. The van der Waals surface area contributed by atoms with E-state index in [0.717, 1.165) is 18.2 Å². The first-order chi connectivity index (χ1) is 23.1. The summed E-state index contributed by atoms with van der Waals surface area (Å²) in [4.78, 5) is 23.9. The molecule has 2 heterocycles. The lowest BCUT2D eigenvalue weighted by Gasteiger charge is -2.19. The number of carbonyl (C=O) groups excluding carboxylic acids is 1. The van der Waals surface area contributed by atoms with Gasteiger partial charge in [0.05, 0.1) is 16.6 Å². The molecule has 0 atom stereocenters. The number of hydrogen-bond donors (Lipinski definition) is 7. The van der Waals surface area contributed by atoms with Crippen molar-refractivity contribution in [2.45, 2.75) is 16.3 Å². The summed E-state index contributed by atoms with van der Waals surface area (Å²) in [6, 6.07) is 15.2. The molecule has 49 heavy (non-hydrogen) atoms. The minimum Gasteiger partial charge on any atom is -0.478 e. The highest BCUT2D eigenvalue weighted by molar-refractivity contribution is 7.92. The molecule has 0 spiro atoms. The Kier molecular flexibility index (Phi) is 8.22. The van der Waals surface area contributed by atoms with Gasteiger partial charge in [0.25, 0.3) is 20.9 Å². The number of fused-ring (bicyclic) bond motifs is 2. The lowest BCUT2D eigenvalue weighted by atomic mass is 9.89. The van der Waals surface area contributed by atoms with Gasteiger partial charge in [-0.2, -0.15) is 17.5 Å². The maximum Gasteiger partial charge on any atom is 0.392 e. The van der Waals surface area contributed by atoms with Crippen molar-refractivity contribution >= 4 is 49.1 Å². The Morgan fingerprint density at radius 2 is 1.63 bits per heavy atom. The van der Waals surface area contributed by atoms with E-state index in [1.54, 1.807) is 24.3 Å². The minimum atomic E-state index is -5.17. The Balaban J connectivity index is 1.47. The first-order valence-electron chi connectivity index (χ1n) is 13.7. The predicted molar refractivity (Wildman–Crippen MR) is 171 cm³/mol. The zero-order chi connectivity index (χ0) is 35.2. The van der Waals surface area contributed by atoms with E-state index in [4.69, 9.17) is 15.6 Å². The van der Waals surface area contributed by atoms with Crippen LogP contribution in [-0.2, 0) is 31.4 Å². The number of benzene rings is 4. The topological polar surface area (TPSA) is 293 Å². The summed E-state index contributed by atoms with van der Waals surface area (Å²) in [5.74, 6) is -2.53. The predicted octanol–water partition coefficient (Wildman–Crippen LogP) is 3.19. The fourth-order valence-corrected chi connectivity index (χ4v) is 6.76. The van der Waals surface area contributed by atoms with Crippen LogP contribution in [0.15, 0.2) is 87.3 Å². The van der Waals surface area contributed by atoms with E-state index in [-0.39, 0.29) is 34.2 Å². The fourth-order valence-electron chi connectivity index (χ4n) is 5.26. The molecule has 17 nitrogen and oxygen atoms in total. The van der Waals surface area contributed by atoms with E-state index in [0.29, 0.717) is 17.0 Å². The van der Waals surface area contributed by atoms with Gasteiger partial charge in [-0.05, 0) is 51.7 Å². The van der Waals surface area contributed by atoms with E-state index < -0.39 is 70.2 Å². The van der Waals surface area contributed by atoms with Gasteiger partial charge in [-0.1, -0.05) is 30.3 Å². The molecule has 1 aliphatic carbocycles. The number of carboxylic acid groups (broad SMARTS) is 1. The van der Waals surface area contributed by atoms with E-state index in [9.17, 15) is 41.0 Å². The summed E-state index contributed by atoms with van der Waals surface area (Å²) in [5, 5.41) is 35.4. The number of carboxylic acids is 1. The summed E-state index contributed by atoms with van der Waals surface area (Å²) in [7, 11) is -10.1. The Morgan fingerprint density at radius 3 is 2.27 bits per heavy atom.